The van der Waals surface area contributed by atoms with Crippen LogP contribution in [0.25, 0.3) is 11.1 Å². The third kappa shape index (κ3) is 3.29. The van der Waals surface area contributed by atoms with Crippen molar-refractivity contribution in [3.05, 3.63) is 89.2 Å². The van der Waals surface area contributed by atoms with E-state index in [-0.39, 0.29) is 18.1 Å². The van der Waals surface area contributed by atoms with Crippen molar-refractivity contribution >= 4 is 11.8 Å². The first-order valence-corrected chi connectivity index (χ1v) is 8.68. The van der Waals surface area contributed by atoms with E-state index in [0.717, 1.165) is 22.3 Å². The summed E-state index contributed by atoms with van der Waals surface area (Å²) in [6, 6.07) is 20.2. The molecule has 0 heterocycles. The SMILES string of the molecule is O=C(Nc1ccc(F)c(CO)c1)OCC1c2ccccc2-c2ccccc21. The van der Waals surface area contributed by atoms with Crippen molar-refractivity contribution in [1.82, 2.24) is 0 Å². The van der Waals surface area contributed by atoms with Gasteiger partial charge in [0, 0.05) is 17.2 Å². The summed E-state index contributed by atoms with van der Waals surface area (Å²) in [6.07, 6.45) is -0.618. The van der Waals surface area contributed by atoms with E-state index >= 15 is 0 Å². The first-order valence-electron chi connectivity index (χ1n) is 8.68. The molecule has 0 aliphatic heterocycles. The molecule has 3 aromatic rings. The molecule has 5 heteroatoms. The fourth-order valence-electron chi connectivity index (χ4n) is 3.53. The number of benzene rings is 3. The second-order valence-electron chi connectivity index (χ2n) is 6.41. The van der Waals surface area contributed by atoms with Crippen LogP contribution in [0.15, 0.2) is 66.7 Å². The Morgan fingerprint density at radius 2 is 1.63 bits per heavy atom. The smallest absolute Gasteiger partial charge is 0.411 e. The molecule has 0 saturated carbocycles. The predicted octanol–water partition coefficient (Wildman–Crippen LogP) is 4.68. The molecule has 4 rings (SSSR count). The van der Waals surface area contributed by atoms with Gasteiger partial charge < -0.3 is 9.84 Å². The maximum Gasteiger partial charge on any atom is 0.411 e. The number of aliphatic hydroxyl groups excluding tert-OH is 1. The Balaban J connectivity index is 1.48. The normalized spacial score (nSPS) is 12.4. The van der Waals surface area contributed by atoms with E-state index < -0.39 is 18.5 Å². The van der Waals surface area contributed by atoms with E-state index in [4.69, 9.17) is 9.84 Å². The Kier molecular flexibility index (Phi) is 4.60. The minimum absolute atomic E-state index is 0.0237. The largest absolute Gasteiger partial charge is 0.448 e. The summed E-state index contributed by atoms with van der Waals surface area (Å²) in [5, 5.41) is 11.7. The molecule has 0 saturated heterocycles. The van der Waals surface area contributed by atoms with Gasteiger partial charge in [0.15, 0.2) is 0 Å². The number of rotatable bonds is 4. The predicted molar refractivity (Wildman–Crippen MR) is 101 cm³/mol. The van der Waals surface area contributed by atoms with Gasteiger partial charge in [-0.15, -0.1) is 0 Å². The zero-order valence-corrected chi connectivity index (χ0v) is 14.5. The third-order valence-corrected chi connectivity index (χ3v) is 4.81. The van der Waals surface area contributed by atoms with Crippen molar-refractivity contribution in [2.45, 2.75) is 12.5 Å². The zero-order valence-electron chi connectivity index (χ0n) is 14.5. The average molecular weight is 363 g/mol. The Morgan fingerprint density at radius 1 is 1.00 bits per heavy atom. The number of carbonyl (C=O) groups excluding carboxylic acids is 1. The van der Waals surface area contributed by atoms with Crippen molar-refractivity contribution in [2.75, 3.05) is 11.9 Å². The summed E-state index contributed by atoms with van der Waals surface area (Å²) in [6.45, 7) is -0.236. The molecule has 1 aliphatic rings. The van der Waals surface area contributed by atoms with Crippen molar-refractivity contribution in [3.8, 4) is 11.1 Å². The van der Waals surface area contributed by atoms with Gasteiger partial charge in [0.05, 0.1) is 6.61 Å². The van der Waals surface area contributed by atoms with Gasteiger partial charge in [0.25, 0.3) is 0 Å². The number of amides is 1. The second kappa shape index (κ2) is 7.21. The van der Waals surface area contributed by atoms with Crippen LogP contribution in [0.4, 0.5) is 14.9 Å². The van der Waals surface area contributed by atoms with Gasteiger partial charge in [-0.25, -0.2) is 9.18 Å². The zero-order chi connectivity index (χ0) is 18.8. The minimum atomic E-state index is -0.618. The lowest BCUT2D eigenvalue weighted by Crippen LogP contribution is -2.18. The summed E-state index contributed by atoms with van der Waals surface area (Å²) >= 11 is 0. The number of hydrogen-bond acceptors (Lipinski definition) is 3. The molecule has 0 fully saturated rings. The van der Waals surface area contributed by atoms with Crippen LogP contribution in [0.3, 0.4) is 0 Å². The molecular weight excluding hydrogens is 345 g/mol. The topological polar surface area (TPSA) is 58.6 Å². The lowest BCUT2D eigenvalue weighted by Gasteiger charge is -2.15. The summed E-state index contributed by atoms with van der Waals surface area (Å²) in [5.41, 5.74) is 5.08. The van der Waals surface area contributed by atoms with Gasteiger partial charge in [-0.05, 0) is 40.5 Å². The number of halogens is 1. The molecule has 2 N–H and O–H groups in total. The van der Waals surface area contributed by atoms with Crippen LogP contribution < -0.4 is 5.32 Å². The molecule has 1 amide bonds. The van der Waals surface area contributed by atoms with Crippen LogP contribution in [0.5, 0.6) is 0 Å². The molecule has 4 nitrogen and oxygen atoms in total. The Morgan fingerprint density at radius 3 is 2.26 bits per heavy atom. The molecule has 0 spiro atoms. The highest BCUT2D eigenvalue weighted by Gasteiger charge is 2.28. The van der Waals surface area contributed by atoms with Crippen molar-refractivity contribution in [3.63, 3.8) is 0 Å². The fraction of sp³-hybridized carbons (Fsp3) is 0.136. The second-order valence-corrected chi connectivity index (χ2v) is 6.41. The first-order chi connectivity index (χ1) is 13.2. The van der Waals surface area contributed by atoms with Gasteiger partial charge in [0.1, 0.15) is 12.4 Å². The fourth-order valence-corrected chi connectivity index (χ4v) is 3.53. The maximum absolute atomic E-state index is 13.4. The molecule has 0 atom stereocenters. The standard InChI is InChI=1S/C22H18FNO3/c23-21-10-9-15(11-14(21)12-25)24-22(26)27-13-20-18-7-3-1-5-16(18)17-6-2-4-8-19(17)20/h1-11,20,25H,12-13H2,(H,24,26). The highest BCUT2D eigenvalue weighted by molar-refractivity contribution is 5.85. The van der Waals surface area contributed by atoms with E-state index in [0.29, 0.717) is 5.69 Å². The van der Waals surface area contributed by atoms with Crippen molar-refractivity contribution in [2.24, 2.45) is 0 Å². The van der Waals surface area contributed by atoms with E-state index in [9.17, 15) is 9.18 Å². The van der Waals surface area contributed by atoms with Gasteiger partial charge in [0.2, 0.25) is 0 Å². The highest BCUT2D eigenvalue weighted by atomic mass is 19.1. The van der Waals surface area contributed by atoms with Gasteiger partial charge >= 0.3 is 6.09 Å². The monoisotopic (exact) mass is 363 g/mol. The number of nitrogens with one attached hydrogen (secondary N) is 1. The van der Waals surface area contributed by atoms with E-state index in [1.54, 1.807) is 0 Å². The Hall–Kier alpha value is -3.18. The molecule has 0 radical (unpaired) electrons. The number of fused-ring (bicyclic) bond motifs is 3. The lowest BCUT2D eigenvalue weighted by molar-refractivity contribution is 0.158. The molecule has 136 valence electrons. The van der Waals surface area contributed by atoms with Crippen LogP contribution in [-0.2, 0) is 11.3 Å². The molecular formula is C22H18FNO3. The molecule has 0 unspecified atom stereocenters. The lowest BCUT2D eigenvalue weighted by atomic mass is 9.98. The molecule has 3 aromatic carbocycles. The van der Waals surface area contributed by atoms with Crippen molar-refractivity contribution in [1.29, 1.82) is 0 Å². The molecule has 0 aromatic heterocycles. The average Bonchev–Trinajstić information content (AvgIpc) is 3.02. The highest BCUT2D eigenvalue weighted by Crippen LogP contribution is 2.44. The first kappa shape index (κ1) is 17.2. The Labute approximate surface area is 156 Å². The summed E-state index contributed by atoms with van der Waals surface area (Å²) < 4.78 is 18.9. The maximum atomic E-state index is 13.4. The number of carbonyl (C=O) groups is 1. The number of aliphatic hydroxyl groups is 1. The van der Waals surface area contributed by atoms with Gasteiger partial charge in [-0.3, -0.25) is 5.32 Å². The Bertz CT molecular complexity index is 957. The molecule has 0 bridgehead atoms. The van der Waals surface area contributed by atoms with Crippen LogP contribution in [0.1, 0.15) is 22.6 Å². The number of anilines is 1. The summed E-state index contributed by atoms with van der Waals surface area (Å²) in [5.74, 6) is -0.542. The quantitative estimate of drug-likeness (QED) is 0.708. The van der Waals surface area contributed by atoms with E-state index in [1.807, 2.05) is 24.3 Å². The van der Waals surface area contributed by atoms with Crippen LogP contribution in [0, 0.1) is 5.82 Å². The van der Waals surface area contributed by atoms with E-state index in [2.05, 4.69) is 29.6 Å². The van der Waals surface area contributed by atoms with Crippen LogP contribution in [-0.4, -0.2) is 17.8 Å². The summed E-state index contributed by atoms with van der Waals surface area (Å²) in [7, 11) is 0. The minimum Gasteiger partial charge on any atom is -0.448 e. The summed E-state index contributed by atoms with van der Waals surface area (Å²) in [4.78, 5) is 12.2. The molecule has 1 aliphatic carbocycles. The van der Waals surface area contributed by atoms with Gasteiger partial charge in [-0.2, -0.15) is 0 Å². The molecule has 27 heavy (non-hydrogen) atoms. The number of hydrogen-bond donors (Lipinski definition) is 2. The van der Waals surface area contributed by atoms with Crippen molar-refractivity contribution < 1.29 is 19.0 Å². The van der Waals surface area contributed by atoms with Crippen LogP contribution >= 0.6 is 0 Å². The number of ether oxygens (including phenoxy) is 1. The third-order valence-electron chi connectivity index (χ3n) is 4.81. The van der Waals surface area contributed by atoms with Crippen LogP contribution in [0.2, 0.25) is 0 Å². The van der Waals surface area contributed by atoms with Gasteiger partial charge in [-0.1, -0.05) is 48.5 Å². The van der Waals surface area contributed by atoms with E-state index in [1.165, 1.54) is 18.2 Å².